The van der Waals surface area contributed by atoms with Gasteiger partial charge in [-0.15, -0.1) is 0 Å². The van der Waals surface area contributed by atoms with Crippen molar-refractivity contribution in [2.24, 2.45) is 5.92 Å². The Balaban J connectivity index is 2.24. The van der Waals surface area contributed by atoms with Crippen molar-refractivity contribution in [2.45, 2.75) is 51.9 Å². The Kier molecular flexibility index (Phi) is 4.71. The second-order valence-electron chi connectivity index (χ2n) is 4.15. The van der Waals surface area contributed by atoms with Crippen LogP contribution in [0.25, 0.3) is 0 Å². The summed E-state index contributed by atoms with van der Waals surface area (Å²) in [7, 11) is 0. The lowest BCUT2D eigenvalue weighted by Gasteiger charge is -2.22. The molecule has 0 saturated heterocycles. The molecule has 0 saturated carbocycles. The molecule has 0 heterocycles. The summed E-state index contributed by atoms with van der Waals surface area (Å²) in [5.74, 6) is -0.262. The number of carboxylic acid groups (broad SMARTS) is 1. The minimum absolute atomic E-state index is 0.511. The summed E-state index contributed by atoms with van der Waals surface area (Å²) in [6.45, 7) is 2.20. The van der Waals surface area contributed by atoms with Crippen molar-refractivity contribution in [3.63, 3.8) is 0 Å². The van der Waals surface area contributed by atoms with Crippen LogP contribution in [0.3, 0.4) is 0 Å². The first kappa shape index (κ1) is 11.3. The van der Waals surface area contributed by atoms with Crippen molar-refractivity contribution in [1.29, 1.82) is 0 Å². The number of carbonyl (C=O) groups excluding carboxylic acids is 1. The lowest BCUT2D eigenvalue weighted by molar-refractivity contribution is -0.299. The Hall–Kier alpha value is -0.790. The van der Waals surface area contributed by atoms with Crippen molar-refractivity contribution in [3.8, 4) is 0 Å². The molecule has 0 spiro atoms. The number of carbonyl (C=O) groups is 1. The molecular formula is C12H19O2-. The summed E-state index contributed by atoms with van der Waals surface area (Å²) < 4.78 is 0. The number of unbranched alkanes of at least 4 members (excludes halogenated alkanes) is 2. The van der Waals surface area contributed by atoms with Gasteiger partial charge < -0.3 is 9.90 Å². The van der Waals surface area contributed by atoms with Crippen LogP contribution in [-0.2, 0) is 4.79 Å². The molecular weight excluding hydrogens is 176 g/mol. The quantitative estimate of drug-likeness (QED) is 0.630. The van der Waals surface area contributed by atoms with Gasteiger partial charge in [-0.1, -0.05) is 38.7 Å². The van der Waals surface area contributed by atoms with Crippen LogP contribution in [0.1, 0.15) is 51.9 Å². The molecule has 0 N–H and O–H groups in total. The third kappa shape index (κ3) is 3.52. The zero-order valence-electron chi connectivity index (χ0n) is 8.92. The number of allylic oxidation sites excluding steroid dienone is 1. The topological polar surface area (TPSA) is 40.1 Å². The van der Waals surface area contributed by atoms with Crippen LogP contribution in [0.4, 0.5) is 0 Å². The summed E-state index contributed by atoms with van der Waals surface area (Å²) in [5, 5.41) is 10.5. The van der Waals surface area contributed by atoms with Crippen LogP contribution < -0.4 is 5.11 Å². The van der Waals surface area contributed by atoms with Crippen molar-refractivity contribution >= 4 is 5.97 Å². The first-order valence-electron chi connectivity index (χ1n) is 5.64. The lowest BCUT2D eigenvalue weighted by Crippen LogP contribution is -2.26. The Morgan fingerprint density at radius 3 is 2.86 bits per heavy atom. The smallest absolute Gasteiger partial charge is 0.0671 e. The molecule has 80 valence electrons. The molecule has 1 unspecified atom stereocenters. The van der Waals surface area contributed by atoms with E-state index in [-0.39, 0.29) is 0 Å². The predicted molar refractivity (Wildman–Crippen MR) is 54.6 cm³/mol. The molecule has 0 aliphatic heterocycles. The van der Waals surface area contributed by atoms with E-state index >= 15 is 0 Å². The van der Waals surface area contributed by atoms with E-state index in [2.05, 4.69) is 6.92 Å². The first-order chi connectivity index (χ1) is 6.74. The highest BCUT2D eigenvalue weighted by Crippen LogP contribution is 2.27. The van der Waals surface area contributed by atoms with E-state index in [0.29, 0.717) is 17.9 Å². The molecule has 0 fully saturated rings. The molecule has 2 heteroatoms. The normalized spacial score (nSPS) is 21.8. The van der Waals surface area contributed by atoms with Crippen molar-refractivity contribution < 1.29 is 9.90 Å². The lowest BCUT2D eigenvalue weighted by atomic mass is 9.86. The third-order valence-electron chi connectivity index (χ3n) is 3.00. The Morgan fingerprint density at radius 1 is 1.57 bits per heavy atom. The van der Waals surface area contributed by atoms with Crippen LogP contribution in [0.2, 0.25) is 0 Å². The minimum atomic E-state index is -0.975. The maximum absolute atomic E-state index is 10.5. The molecule has 1 aliphatic rings. The highest BCUT2D eigenvalue weighted by molar-refractivity contribution is 5.84. The zero-order chi connectivity index (χ0) is 10.4. The second kappa shape index (κ2) is 5.84. The van der Waals surface area contributed by atoms with E-state index in [0.717, 1.165) is 12.8 Å². The molecule has 0 aromatic rings. The van der Waals surface area contributed by atoms with Gasteiger partial charge in [0, 0.05) is 0 Å². The summed E-state index contributed by atoms with van der Waals surface area (Å²) in [4.78, 5) is 10.5. The van der Waals surface area contributed by atoms with E-state index in [1.165, 1.54) is 25.7 Å². The average molecular weight is 195 g/mol. The average Bonchev–Trinajstić information content (AvgIpc) is 2.19. The van der Waals surface area contributed by atoms with Gasteiger partial charge in [0.15, 0.2) is 0 Å². The van der Waals surface area contributed by atoms with Crippen molar-refractivity contribution in [2.75, 3.05) is 0 Å². The summed E-state index contributed by atoms with van der Waals surface area (Å²) in [5.41, 5.74) is 0.511. The van der Waals surface area contributed by atoms with Gasteiger partial charge >= 0.3 is 0 Å². The number of hydrogen-bond donors (Lipinski definition) is 0. The fourth-order valence-electron chi connectivity index (χ4n) is 2.02. The third-order valence-corrected chi connectivity index (χ3v) is 3.00. The summed E-state index contributed by atoms with van der Waals surface area (Å²) >= 11 is 0. The molecule has 0 aromatic heterocycles. The minimum Gasteiger partial charge on any atom is -0.545 e. The molecule has 2 nitrogen and oxygen atoms in total. The molecule has 0 aromatic carbocycles. The largest absolute Gasteiger partial charge is 0.545 e. The van der Waals surface area contributed by atoms with Gasteiger partial charge in [0.05, 0.1) is 5.97 Å². The van der Waals surface area contributed by atoms with Crippen LogP contribution in [0, 0.1) is 5.92 Å². The zero-order valence-corrected chi connectivity index (χ0v) is 8.92. The molecule has 1 rings (SSSR count). The fourth-order valence-corrected chi connectivity index (χ4v) is 2.02. The molecule has 1 aliphatic carbocycles. The van der Waals surface area contributed by atoms with Crippen LogP contribution in [0.15, 0.2) is 11.6 Å². The van der Waals surface area contributed by atoms with Crippen molar-refractivity contribution in [1.82, 2.24) is 0 Å². The number of rotatable bonds is 5. The van der Waals surface area contributed by atoms with Gasteiger partial charge in [0.2, 0.25) is 0 Å². The SMILES string of the molecule is CCCCCC1CC=C(C(=O)[O-])CC1. The number of carboxylic acids is 1. The number of aliphatic carboxylic acids is 1. The number of hydrogen-bond acceptors (Lipinski definition) is 2. The summed E-state index contributed by atoms with van der Waals surface area (Å²) in [6.07, 6.45) is 9.63. The maximum Gasteiger partial charge on any atom is 0.0671 e. The van der Waals surface area contributed by atoms with Gasteiger partial charge in [-0.25, -0.2) is 0 Å². The molecule has 14 heavy (non-hydrogen) atoms. The van der Waals surface area contributed by atoms with Gasteiger partial charge in [0.25, 0.3) is 0 Å². The molecule has 1 atom stereocenters. The van der Waals surface area contributed by atoms with E-state index < -0.39 is 5.97 Å². The highest BCUT2D eigenvalue weighted by atomic mass is 16.4. The molecule has 0 amide bonds. The Morgan fingerprint density at radius 2 is 2.36 bits per heavy atom. The summed E-state index contributed by atoms with van der Waals surface area (Å²) in [6, 6.07) is 0. The first-order valence-corrected chi connectivity index (χ1v) is 5.64. The van der Waals surface area contributed by atoms with Gasteiger partial charge in [-0.2, -0.15) is 0 Å². The molecule has 0 radical (unpaired) electrons. The van der Waals surface area contributed by atoms with Gasteiger partial charge in [-0.05, 0) is 30.8 Å². The second-order valence-corrected chi connectivity index (χ2v) is 4.15. The van der Waals surface area contributed by atoms with E-state index in [9.17, 15) is 9.90 Å². The monoisotopic (exact) mass is 195 g/mol. The standard InChI is InChI=1S/C12H20O2/c1-2-3-4-5-10-6-8-11(9-7-10)12(13)14/h8,10H,2-7,9H2,1H3,(H,13,14)/p-1. The van der Waals surface area contributed by atoms with Crippen LogP contribution >= 0.6 is 0 Å². The highest BCUT2D eigenvalue weighted by Gasteiger charge is 2.14. The maximum atomic E-state index is 10.5. The van der Waals surface area contributed by atoms with Crippen molar-refractivity contribution in [3.05, 3.63) is 11.6 Å². The van der Waals surface area contributed by atoms with Gasteiger partial charge in [0.1, 0.15) is 0 Å². The van der Waals surface area contributed by atoms with Crippen LogP contribution in [-0.4, -0.2) is 5.97 Å². The van der Waals surface area contributed by atoms with E-state index in [1.54, 1.807) is 0 Å². The Labute approximate surface area is 86.0 Å². The van der Waals surface area contributed by atoms with Crippen LogP contribution in [0.5, 0.6) is 0 Å². The predicted octanol–water partition coefficient (Wildman–Crippen LogP) is 2.04. The van der Waals surface area contributed by atoms with E-state index in [4.69, 9.17) is 0 Å². The fraction of sp³-hybridized carbons (Fsp3) is 0.750. The van der Waals surface area contributed by atoms with Gasteiger partial charge in [-0.3, -0.25) is 0 Å². The molecule has 0 bridgehead atoms. The Bertz CT molecular complexity index is 218. The van der Waals surface area contributed by atoms with E-state index in [1.807, 2.05) is 6.08 Å².